The molecular formula is C16H16BrN3O. The van der Waals surface area contributed by atoms with E-state index in [2.05, 4.69) is 25.9 Å². The van der Waals surface area contributed by atoms with Crippen molar-refractivity contribution in [1.82, 2.24) is 14.5 Å². The Bertz CT molecular complexity index is 769. The van der Waals surface area contributed by atoms with Crippen LogP contribution < -0.4 is 0 Å². The Morgan fingerprint density at radius 2 is 2.14 bits per heavy atom. The molecule has 0 spiro atoms. The van der Waals surface area contributed by atoms with Gasteiger partial charge in [-0.15, -0.1) is 0 Å². The van der Waals surface area contributed by atoms with Crippen molar-refractivity contribution >= 4 is 26.8 Å². The molecule has 1 N–H and O–H groups in total. The van der Waals surface area contributed by atoms with Crippen LogP contribution in [0.1, 0.15) is 24.0 Å². The molecule has 1 unspecified atom stereocenters. The largest absolute Gasteiger partial charge is 0.387 e. The summed E-state index contributed by atoms with van der Waals surface area (Å²) in [5.41, 5.74) is 1.58. The third-order valence-electron chi connectivity index (χ3n) is 3.58. The number of aliphatic hydroxyl groups excluding tert-OH is 1. The van der Waals surface area contributed by atoms with Crippen LogP contribution in [-0.4, -0.2) is 19.6 Å². The first kappa shape index (κ1) is 14.2. The van der Waals surface area contributed by atoms with Crippen molar-refractivity contribution in [3.8, 4) is 0 Å². The summed E-state index contributed by atoms with van der Waals surface area (Å²) in [4.78, 5) is 8.85. The maximum Gasteiger partial charge on any atom is 0.108 e. The number of halogens is 1. The minimum atomic E-state index is -0.610. The van der Waals surface area contributed by atoms with Crippen LogP contribution in [0.15, 0.2) is 47.2 Å². The Morgan fingerprint density at radius 3 is 2.90 bits per heavy atom. The van der Waals surface area contributed by atoms with Gasteiger partial charge in [0.05, 0.1) is 17.3 Å². The Morgan fingerprint density at radius 1 is 1.33 bits per heavy atom. The molecule has 108 valence electrons. The first-order chi connectivity index (χ1) is 10.1. The minimum Gasteiger partial charge on any atom is -0.387 e. The van der Waals surface area contributed by atoms with Crippen molar-refractivity contribution < 1.29 is 5.11 Å². The summed E-state index contributed by atoms with van der Waals surface area (Å²) >= 11 is 3.51. The molecule has 0 aliphatic rings. The fourth-order valence-corrected chi connectivity index (χ4v) is 2.98. The molecule has 0 saturated carbocycles. The summed E-state index contributed by atoms with van der Waals surface area (Å²) in [5, 5.41) is 11.5. The zero-order valence-corrected chi connectivity index (χ0v) is 13.3. The van der Waals surface area contributed by atoms with Gasteiger partial charge in [0.1, 0.15) is 5.82 Å². The highest BCUT2D eigenvalue weighted by atomic mass is 79.9. The lowest BCUT2D eigenvalue weighted by Gasteiger charge is -2.13. The summed E-state index contributed by atoms with van der Waals surface area (Å²) < 4.78 is 2.81. The minimum absolute atomic E-state index is 0.592. The van der Waals surface area contributed by atoms with Gasteiger partial charge in [0.25, 0.3) is 0 Å². The van der Waals surface area contributed by atoms with Gasteiger partial charge in [-0.2, -0.15) is 0 Å². The molecule has 0 aliphatic heterocycles. The summed E-state index contributed by atoms with van der Waals surface area (Å²) in [6.07, 6.45) is 4.37. The van der Waals surface area contributed by atoms with Crippen LogP contribution >= 0.6 is 15.9 Å². The lowest BCUT2D eigenvalue weighted by atomic mass is 10.1. The highest BCUT2D eigenvalue weighted by Crippen LogP contribution is 2.28. The van der Waals surface area contributed by atoms with Gasteiger partial charge in [-0.05, 0) is 34.5 Å². The number of imidazole rings is 1. The van der Waals surface area contributed by atoms with Crippen molar-refractivity contribution in [3.63, 3.8) is 0 Å². The van der Waals surface area contributed by atoms with E-state index >= 15 is 0 Å². The Balaban J connectivity index is 1.82. The van der Waals surface area contributed by atoms with E-state index in [9.17, 15) is 5.11 Å². The molecule has 1 atom stereocenters. The average molecular weight is 346 g/mol. The van der Waals surface area contributed by atoms with E-state index < -0.39 is 6.10 Å². The van der Waals surface area contributed by atoms with Gasteiger partial charge in [0.2, 0.25) is 0 Å². The van der Waals surface area contributed by atoms with Crippen LogP contribution in [0.25, 0.3) is 10.9 Å². The molecule has 5 heteroatoms. The molecule has 3 rings (SSSR count). The predicted octanol–water partition coefficient (Wildman–Crippen LogP) is 3.40. The molecular weight excluding hydrogens is 330 g/mol. The average Bonchev–Trinajstić information content (AvgIpc) is 2.89. The van der Waals surface area contributed by atoms with Crippen LogP contribution in [-0.2, 0) is 13.5 Å². The van der Waals surface area contributed by atoms with Crippen LogP contribution in [0, 0.1) is 0 Å². The molecule has 0 radical (unpaired) electrons. The topological polar surface area (TPSA) is 50.9 Å². The SMILES string of the molecule is Cn1ccnc1CCC(O)c1nc2ccccc2cc1Br. The van der Waals surface area contributed by atoms with E-state index in [0.29, 0.717) is 18.5 Å². The summed E-state index contributed by atoms with van der Waals surface area (Å²) in [7, 11) is 1.96. The summed E-state index contributed by atoms with van der Waals surface area (Å²) in [6.45, 7) is 0. The number of para-hydroxylation sites is 1. The van der Waals surface area contributed by atoms with Gasteiger partial charge in [0, 0.05) is 35.7 Å². The highest BCUT2D eigenvalue weighted by molar-refractivity contribution is 9.10. The van der Waals surface area contributed by atoms with Crippen molar-refractivity contribution in [2.45, 2.75) is 18.9 Å². The van der Waals surface area contributed by atoms with E-state index in [1.54, 1.807) is 6.20 Å². The summed E-state index contributed by atoms with van der Waals surface area (Å²) in [5.74, 6) is 0.964. The van der Waals surface area contributed by atoms with E-state index in [4.69, 9.17) is 0 Å². The number of aromatic nitrogens is 3. The molecule has 4 nitrogen and oxygen atoms in total. The first-order valence-corrected chi connectivity index (χ1v) is 7.64. The van der Waals surface area contributed by atoms with Crippen molar-refractivity contribution in [2.24, 2.45) is 7.05 Å². The molecule has 0 fully saturated rings. The molecule has 21 heavy (non-hydrogen) atoms. The van der Waals surface area contributed by atoms with E-state index in [-0.39, 0.29) is 0 Å². The fraction of sp³-hybridized carbons (Fsp3) is 0.250. The van der Waals surface area contributed by atoms with Gasteiger partial charge in [-0.1, -0.05) is 18.2 Å². The lowest BCUT2D eigenvalue weighted by Crippen LogP contribution is -2.06. The molecule has 0 saturated heterocycles. The van der Waals surface area contributed by atoms with Gasteiger partial charge >= 0.3 is 0 Å². The highest BCUT2D eigenvalue weighted by Gasteiger charge is 2.15. The Labute approximate surface area is 131 Å². The number of hydrogen-bond acceptors (Lipinski definition) is 3. The number of aliphatic hydroxyl groups is 1. The standard InChI is InChI=1S/C16H16BrN3O/c1-20-9-8-18-15(20)7-6-14(21)16-12(17)10-11-4-2-3-5-13(11)19-16/h2-5,8-10,14,21H,6-7H2,1H3. The first-order valence-electron chi connectivity index (χ1n) is 6.84. The number of benzene rings is 1. The smallest absolute Gasteiger partial charge is 0.108 e. The molecule has 0 aliphatic carbocycles. The molecule has 0 amide bonds. The van der Waals surface area contributed by atoms with E-state index in [0.717, 1.165) is 21.2 Å². The van der Waals surface area contributed by atoms with Gasteiger partial charge < -0.3 is 9.67 Å². The second-order valence-electron chi connectivity index (χ2n) is 5.06. The molecule has 0 bridgehead atoms. The Kier molecular flexibility index (Phi) is 4.03. The molecule has 2 heterocycles. The van der Waals surface area contributed by atoms with Crippen molar-refractivity contribution in [2.75, 3.05) is 0 Å². The zero-order valence-electron chi connectivity index (χ0n) is 11.7. The summed E-state index contributed by atoms with van der Waals surface area (Å²) in [6, 6.07) is 9.90. The van der Waals surface area contributed by atoms with Crippen molar-refractivity contribution in [3.05, 3.63) is 58.7 Å². The van der Waals surface area contributed by atoms with Crippen molar-refractivity contribution in [1.29, 1.82) is 0 Å². The van der Waals surface area contributed by atoms with Crippen LogP contribution in [0.4, 0.5) is 0 Å². The van der Waals surface area contributed by atoms with E-state index in [1.165, 1.54) is 0 Å². The maximum absolute atomic E-state index is 10.4. The zero-order chi connectivity index (χ0) is 14.8. The third kappa shape index (κ3) is 2.99. The lowest BCUT2D eigenvalue weighted by molar-refractivity contribution is 0.161. The third-order valence-corrected chi connectivity index (χ3v) is 4.22. The number of rotatable bonds is 4. The van der Waals surface area contributed by atoms with Crippen LogP contribution in [0.5, 0.6) is 0 Å². The number of nitrogens with zero attached hydrogens (tertiary/aromatic N) is 3. The number of fused-ring (bicyclic) bond motifs is 1. The van der Waals surface area contributed by atoms with E-state index in [1.807, 2.05) is 48.1 Å². The molecule has 2 aromatic heterocycles. The number of aryl methyl sites for hydroxylation is 2. The normalized spacial score (nSPS) is 12.7. The number of hydrogen-bond donors (Lipinski definition) is 1. The number of pyridine rings is 1. The second kappa shape index (κ2) is 5.95. The molecule has 3 aromatic rings. The van der Waals surface area contributed by atoms with Gasteiger partial charge in [-0.25, -0.2) is 9.97 Å². The Hall–Kier alpha value is -1.72. The maximum atomic E-state index is 10.4. The quantitative estimate of drug-likeness (QED) is 0.788. The predicted molar refractivity (Wildman–Crippen MR) is 85.9 cm³/mol. The van der Waals surface area contributed by atoms with Crippen LogP contribution in [0.2, 0.25) is 0 Å². The molecule has 1 aromatic carbocycles. The second-order valence-corrected chi connectivity index (χ2v) is 5.91. The van der Waals surface area contributed by atoms with Gasteiger partial charge in [0.15, 0.2) is 0 Å². The monoisotopic (exact) mass is 345 g/mol. The fourth-order valence-electron chi connectivity index (χ4n) is 2.38. The van der Waals surface area contributed by atoms with Gasteiger partial charge in [-0.3, -0.25) is 0 Å². The van der Waals surface area contributed by atoms with Crippen LogP contribution in [0.3, 0.4) is 0 Å².